The minimum absolute atomic E-state index is 0.00437. The highest BCUT2D eigenvalue weighted by atomic mass is 32.2. The van der Waals surface area contributed by atoms with Crippen molar-refractivity contribution in [1.29, 1.82) is 0 Å². The van der Waals surface area contributed by atoms with Crippen molar-refractivity contribution in [2.75, 3.05) is 20.1 Å². The minimum atomic E-state index is -3.60. The smallest absolute Gasteiger partial charge is 0.243 e. The second kappa shape index (κ2) is 8.45. The van der Waals surface area contributed by atoms with E-state index in [1.807, 2.05) is 56.3 Å². The number of carbonyl (C=O) groups excluding carboxylic acids is 1. The number of sulfonamides is 1. The Labute approximate surface area is 168 Å². The summed E-state index contributed by atoms with van der Waals surface area (Å²) >= 11 is 0. The van der Waals surface area contributed by atoms with Crippen LogP contribution in [0.5, 0.6) is 0 Å². The highest BCUT2D eigenvalue weighted by Gasteiger charge is 2.35. The van der Waals surface area contributed by atoms with E-state index in [9.17, 15) is 13.2 Å². The van der Waals surface area contributed by atoms with Crippen molar-refractivity contribution in [1.82, 2.24) is 9.21 Å². The summed E-state index contributed by atoms with van der Waals surface area (Å²) in [5, 5.41) is 0. The molecule has 0 bridgehead atoms. The number of nitrogens with zero attached hydrogens (tertiary/aromatic N) is 2. The lowest BCUT2D eigenvalue weighted by molar-refractivity contribution is -0.135. The fraction of sp³-hybridized carbons (Fsp3) is 0.409. The van der Waals surface area contributed by atoms with Crippen molar-refractivity contribution >= 4 is 15.9 Å². The molecule has 5 nitrogen and oxygen atoms in total. The summed E-state index contributed by atoms with van der Waals surface area (Å²) in [6, 6.07) is 15.3. The first-order valence-corrected chi connectivity index (χ1v) is 11.1. The third kappa shape index (κ3) is 4.45. The fourth-order valence-electron chi connectivity index (χ4n) is 3.73. The third-order valence-electron chi connectivity index (χ3n) is 5.33. The lowest BCUT2D eigenvalue weighted by Crippen LogP contribution is -2.45. The van der Waals surface area contributed by atoms with Crippen LogP contribution in [-0.2, 0) is 21.4 Å². The molecule has 0 saturated carbocycles. The first-order chi connectivity index (χ1) is 13.3. The molecule has 2 aromatic carbocycles. The van der Waals surface area contributed by atoms with Crippen LogP contribution in [0.15, 0.2) is 53.4 Å². The van der Waals surface area contributed by atoms with Crippen LogP contribution in [0.1, 0.15) is 29.5 Å². The Morgan fingerprint density at radius 3 is 2.57 bits per heavy atom. The van der Waals surface area contributed by atoms with Crippen molar-refractivity contribution in [2.45, 2.75) is 38.1 Å². The van der Waals surface area contributed by atoms with Crippen molar-refractivity contribution in [2.24, 2.45) is 5.92 Å². The van der Waals surface area contributed by atoms with E-state index in [0.29, 0.717) is 24.4 Å². The van der Waals surface area contributed by atoms with Crippen LogP contribution < -0.4 is 0 Å². The molecule has 1 saturated heterocycles. The van der Waals surface area contributed by atoms with E-state index < -0.39 is 10.0 Å². The number of rotatable bonds is 5. The summed E-state index contributed by atoms with van der Waals surface area (Å²) in [7, 11) is -1.82. The number of hydrogen-bond acceptors (Lipinski definition) is 3. The summed E-state index contributed by atoms with van der Waals surface area (Å²) in [6.45, 7) is 4.93. The molecule has 1 fully saturated rings. The van der Waals surface area contributed by atoms with Crippen molar-refractivity contribution in [3.63, 3.8) is 0 Å². The van der Waals surface area contributed by atoms with Crippen LogP contribution in [0.3, 0.4) is 0 Å². The van der Waals surface area contributed by atoms with Gasteiger partial charge in [-0.15, -0.1) is 0 Å². The number of hydrogen-bond donors (Lipinski definition) is 0. The van der Waals surface area contributed by atoms with Crippen molar-refractivity contribution in [3.8, 4) is 0 Å². The number of aryl methyl sites for hydroxylation is 2. The van der Waals surface area contributed by atoms with Crippen molar-refractivity contribution < 1.29 is 13.2 Å². The van der Waals surface area contributed by atoms with E-state index in [2.05, 4.69) is 0 Å². The van der Waals surface area contributed by atoms with E-state index in [0.717, 1.165) is 23.1 Å². The molecule has 1 amide bonds. The van der Waals surface area contributed by atoms with Gasteiger partial charge in [-0.05, 0) is 49.4 Å². The highest BCUT2D eigenvalue weighted by Crippen LogP contribution is 2.27. The summed E-state index contributed by atoms with van der Waals surface area (Å²) in [6.07, 6.45) is 1.41. The predicted molar refractivity (Wildman–Crippen MR) is 110 cm³/mol. The first kappa shape index (κ1) is 20.6. The molecule has 3 rings (SSSR count). The van der Waals surface area contributed by atoms with E-state index in [1.165, 1.54) is 4.31 Å². The molecule has 0 aromatic heterocycles. The van der Waals surface area contributed by atoms with Gasteiger partial charge < -0.3 is 4.90 Å². The summed E-state index contributed by atoms with van der Waals surface area (Å²) in [5.74, 6) is -0.299. The molecular formula is C22H28N2O3S. The molecule has 150 valence electrons. The second-order valence-corrected chi connectivity index (χ2v) is 9.56. The Kier molecular flexibility index (Phi) is 6.20. The van der Waals surface area contributed by atoms with Crippen LogP contribution in [0.4, 0.5) is 0 Å². The molecule has 0 spiro atoms. The molecule has 28 heavy (non-hydrogen) atoms. The largest absolute Gasteiger partial charge is 0.341 e. The summed E-state index contributed by atoms with van der Waals surface area (Å²) in [4.78, 5) is 15.0. The number of amides is 1. The number of piperidine rings is 1. The van der Waals surface area contributed by atoms with E-state index in [-0.39, 0.29) is 18.4 Å². The molecule has 0 N–H and O–H groups in total. The quantitative estimate of drug-likeness (QED) is 0.773. The molecule has 0 aliphatic carbocycles. The van der Waals surface area contributed by atoms with E-state index in [4.69, 9.17) is 0 Å². The standard InChI is InChI=1S/C22H28N2O3S/c1-17-11-12-18(2)21(14-17)28(26,27)24-13-7-10-20(16-24)22(25)23(3)15-19-8-5-4-6-9-19/h4-6,8-9,11-12,14,20H,7,10,13,15-16H2,1-3H3. The zero-order chi connectivity index (χ0) is 20.3. The molecule has 1 atom stereocenters. The van der Waals surface area contributed by atoms with Crippen LogP contribution >= 0.6 is 0 Å². The summed E-state index contributed by atoms with van der Waals surface area (Å²) < 4.78 is 27.9. The topological polar surface area (TPSA) is 57.7 Å². The Bertz CT molecular complexity index is 942. The van der Waals surface area contributed by atoms with Gasteiger partial charge in [-0.1, -0.05) is 42.5 Å². The number of carbonyl (C=O) groups is 1. The van der Waals surface area contributed by atoms with Crippen LogP contribution in [-0.4, -0.2) is 43.7 Å². The maximum absolute atomic E-state index is 13.2. The van der Waals surface area contributed by atoms with E-state index >= 15 is 0 Å². The van der Waals surface area contributed by atoms with Gasteiger partial charge in [-0.2, -0.15) is 4.31 Å². The van der Waals surface area contributed by atoms with Gasteiger partial charge in [0.15, 0.2) is 0 Å². The van der Waals surface area contributed by atoms with Gasteiger partial charge in [0, 0.05) is 26.7 Å². The lowest BCUT2D eigenvalue weighted by Gasteiger charge is -2.33. The van der Waals surface area contributed by atoms with Crippen LogP contribution in [0.25, 0.3) is 0 Å². The van der Waals surface area contributed by atoms with Gasteiger partial charge in [0.25, 0.3) is 0 Å². The Balaban J connectivity index is 1.74. The molecule has 1 unspecified atom stereocenters. The van der Waals surface area contributed by atoms with Crippen molar-refractivity contribution in [3.05, 3.63) is 65.2 Å². The maximum atomic E-state index is 13.2. The Morgan fingerprint density at radius 2 is 1.86 bits per heavy atom. The van der Waals surface area contributed by atoms with E-state index in [1.54, 1.807) is 18.0 Å². The first-order valence-electron chi connectivity index (χ1n) is 9.65. The van der Waals surface area contributed by atoms with Gasteiger partial charge in [0.05, 0.1) is 10.8 Å². The van der Waals surface area contributed by atoms with Gasteiger partial charge in [0.1, 0.15) is 0 Å². The van der Waals surface area contributed by atoms with Gasteiger partial charge >= 0.3 is 0 Å². The summed E-state index contributed by atoms with van der Waals surface area (Å²) in [5.41, 5.74) is 2.71. The minimum Gasteiger partial charge on any atom is -0.341 e. The normalized spacial score (nSPS) is 18.0. The van der Waals surface area contributed by atoms with Gasteiger partial charge in [-0.25, -0.2) is 8.42 Å². The van der Waals surface area contributed by atoms with Crippen LogP contribution in [0, 0.1) is 19.8 Å². The monoisotopic (exact) mass is 400 g/mol. The molecule has 6 heteroatoms. The maximum Gasteiger partial charge on any atom is 0.243 e. The molecule has 1 aliphatic heterocycles. The molecular weight excluding hydrogens is 372 g/mol. The van der Waals surface area contributed by atoms with Gasteiger partial charge in [0.2, 0.25) is 15.9 Å². The third-order valence-corrected chi connectivity index (χ3v) is 7.34. The highest BCUT2D eigenvalue weighted by molar-refractivity contribution is 7.89. The Morgan fingerprint density at radius 1 is 1.14 bits per heavy atom. The molecule has 1 aliphatic rings. The fourth-order valence-corrected chi connectivity index (χ4v) is 5.57. The van der Waals surface area contributed by atoms with Crippen LogP contribution in [0.2, 0.25) is 0 Å². The molecule has 2 aromatic rings. The molecule has 1 heterocycles. The SMILES string of the molecule is Cc1ccc(C)c(S(=O)(=O)N2CCCC(C(=O)N(C)Cc3ccccc3)C2)c1. The average Bonchev–Trinajstić information content (AvgIpc) is 2.70. The lowest BCUT2D eigenvalue weighted by atomic mass is 9.98. The van der Waals surface area contributed by atoms with Gasteiger partial charge in [-0.3, -0.25) is 4.79 Å². The number of benzene rings is 2. The zero-order valence-electron chi connectivity index (χ0n) is 16.8. The Hall–Kier alpha value is -2.18. The average molecular weight is 401 g/mol. The molecule has 0 radical (unpaired) electrons. The zero-order valence-corrected chi connectivity index (χ0v) is 17.6. The predicted octanol–water partition coefficient (Wildman–Crippen LogP) is 3.36. The second-order valence-electron chi connectivity index (χ2n) is 7.65.